The van der Waals surface area contributed by atoms with Crippen LogP contribution in [0.1, 0.15) is 0 Å². The van der Waals surface area contributed by atoms with Crippen molar-refractivity contribution in [3.63, 3.8) is 0 Å². The molecular weight excluding hydrogens is 368 g/mol. The van der Waals surface area contributed by atoms with Crippen LogP contribution in [0.2, 0.25) is 0 Å². The van der Waals surface area contributed by atoms with Crippen molar-refractivity contribution in [1.29, 1.82) is 0 Å². The highest BCUT2D eigenvalue weighted by molar-refractivity contribution is 7.88. The lowest BCUT2D eigenvalue weighted by atomic mass is 10.2. The standard InChI is InChI=1S/C14H18F4N2O4S/c1-23-10-9-19-5-7-20(8-6-19)11-3-2-4-12(13(11)15)24-25(21,22)14(16,17)18/h2-4H,5-10H2,1H3. The average molecular weight is 386 g/mol. The molecule has 6 nitrogen and oxygen atoms in total. The first-order valence-electron chi connectivity index (χ1n) is 7.41. The number of nitrogens with zero attached hydrogens (tertiary/aromatic N) is 2. The maximum atomic E-state index is 14.4. The third kappa shape index (κ3) is 4.73. The number of benzene rings is 1. The molecule has 0 atom stereocenters. The highest BCUT2D eigenvalue weighted by Gasteiger charge is 2.49. The van der Waals surface area contributed by atoms with Gasteiger partial charge in [-0.2, -0.15) is 21.6 Å². The Morgan fingerprint density at radius 1 is 1.16 bits per heavy atom. The van der Waals surface area contributed by atoms with Crippen molar-refractivity contribution in [2.24, 2.45) is 0 Å². The molecule has 1 aromatic carbocycles. The molecule has 1 aliphatic heterocycles. The van der Waals surface area contributed by atoms with Crippen LogP contribution in [0.25, 0.3) is 0 Å². The van der Waals surface area contributed by atoms with Crippen molar-refractivity contribution < 1.29 is 34.9 Å². The Labute approximate surface area is 143 Å². The number of rotatable bonds is 6. The molecule has 0 bridgehead atoms. The third-order valence-electron chi connectivity index (χ3n) is 3.75. The minimum Gasteiger partial charge on any atom is -0.383 e. The fraction of sp³-hybridized carbons (Fsp3) is 0.571. The number of hydrogen-bond donors (Lipinski definition) is 0. The largest absolute Gasteiger partial charge is 0.534 e. The van der Waals surface area contributed by atoms with Gasteiger partial charge in [-0.15, -0.1) is 0 Å². The second kappa shape index (κ2) is 7.75. The van der Waals surface area contributed by atoms with Crippen molar-refractivity contribution in [3.8, 4) is 5.75 Å². The van der Waals surface area contributed by atoms with Crippen molar-refractivity contribution in [2.75, 3.05) is 51.3 Å². The summed E-state index contributed by atoms with van der Waals surface area (Å²) in [4.78, 5) is 3.73. The maximum Gasteiger partial charge on any atom is 0.534 e. The van der Waals surface area contributed by atoms with E-state index >= 15 is 0 Å². The van der Waals surface area contributed by atoms with Crippen LogP contribution in [0.4, 0.5) is 23.2 Å². The van der Waals surface area contributed by atoms with Gasteiger partial charge in [-0.3, -0.25) is 4.90 Å². The van der Waals surface area contributed by atoms with Gasteiger partial charge in [0.05, 0.1) is 12.3 Å². The van der Waals surface area contributed by atoms with E-state index in [-0.39, 0.29) is 5.69 Å². The van der Waals surface area contributed by atoms with Crippen molar-refractivity contribution in [1.82, 2.24) is 4.90 Å². The highest BCUT2D eigenvalue weighted by Crippen LogP contribution is 2.32. The summed E-state index contributed by atoms with van der Waals surface area (Å²) in [6, 6.07) is 3.46. The van der Waals surface area contributed by atoms with E-state index in [0.29, 0.717) is 32.8 Å². The smallest absolute Gasteiger partial charge is 0.383 e. The molecule has 25 heavy (non-hydrogen) atoms. The van der Waals surface area contributed by atoms with Crippen LogP contribution in [0.3, 0.4) is 0 Å². The van der Waals surface area contributed by atoms with Gasteiger partial charge in [0.2, 0.25) is 0 Å². The Morgan fingerprint density at radius 3 is 2.36 bits per heavy atom. The van der Waals surface area contributed by atoms with Gasteiger partial charge >= 0.3 is 15.6 Å². The zero-order valence-electron chi connectivity index (χ0n) is 13.4. The molecular formula is C14H18F4N2O4S. The first kappa shape index (κ1) is 19.7. The van der Waals surface area contributed by atoms with E-state index < -0.39 is 27.2 Å². The highest BCUT2D eigenvalue weighted by atomic mass is 32.2. The lowest BCUT2D eigenvalue weighted by molar-refractivity contribution is -0.0500. The summed E-state index contributed by atoms with van der Waals surface area (Å²) in [6.45, 7) is 3.41. The molecule has 0 aromatic heterocycles. The number of hydrogen-bond acceptors (Lipinski definition) is 6. The topological polar surface area (TPSA) is 59.1 Å². The molecule has 0 radical (unpaired) electrons. The number of anilines is 1. The van der Waals surface area contributed by atoms with Gasteiger partial charge in [-0.05, 0) is 12.1 Å². The second-order valence-electron chi connectivity index (χ2n) is 5.39. The van der Waals surface area contributed by atoms with Crippen LogP contribution in [-0.4, -0.2) is 65.3 Å². The van der Waals surface area contributed by atoms with E-state index in [0.717, 1.165) is 12.6 Å². The number of piperazine rings is 1. The Bertz CT molecular complexity index is 689. The summed E-state index contributed by atoms with van der Waals surface area (Å²) < 4.78 is 82.6. The molecule has 1 saturated heterocycles. The van der Waals surface area contributed by atoms with Crippen molar-refractivity contribution in [3.05, 3.63) is 24.0 Å². The number of halogens is 4. The second-order valence-corrected chi connectivity index (χ2v) is 6.93. The molecule has 1 aromatic rings. The zero-order chi connectivity index (χ0) is 18.7. The van der Waals surface area contributed by atoms with Crippen molar-refractivity contribution in [2.45, 2.75) is 5.51 Å². The summed E-state index contributed by atoms with van der Waals surface area (Å²) >= 11 is 0. The molecule has 0 aliphatic carbocycles. The van der Waals surface area contributed by atoms with Crippen LogP contribution in [0, 0.1) is 5.82 Å². The Morgan fingerprint density at radius 2 is 1.80 bits per heavy atom. The normalized spacial score (nSPS) is 16.9. The lowest BCUT2D eigenvalue weighted by Crippen LogP contribution is -2.47. The molecule has 0 N–H and O–H groups in total. The third-order valence-corrected chi connectivity index (χ3v) is 4.72. The van der Waals surface area contributed by atoms with E-state index in [9.17, 15) is 26.0 Å². The van der Waals surface area contributed by atoms with Gasteiger partial charge in [0.15, 0.2) is 11.6 Å². The molecule has 1 heterocycles. The molecule has 2 rings (SSSR count). The van der Waals surface area contributed by atoms with Gasteiger partial charge in [0.25, 0.3) is 0 Å². The van der Waals surface area contributed by atoms with E-state index in [4.69, 9.17) is 4.74 Å². The van der Waals surface area contributed by atoms with E-state index in [2.05, 4.69) is 9.08 Å². The fourth-order valence-electron chi connectivity index (χ4n) is 2.41. The van der Waals surface area contributed by atoms with Crippen LogP contribution in [-0.2, 0) is 14.9 Å². The van der Waals surface area contributed by atoms with Gasteiger partial charge in [-0.1, -0.05) is 6.07 Å². The molecule has 142 valence electrons. The molecule has 0 amide bonds. The van der Waals surface area contributed by atoms with Gasteiger partial charge in [-0.25, -0.2) is 4.39 Å². The minimum absolute atomic E-state index is 0.00117. The lowest BCUT2D eigenvalue weighted by Gasteiger charge is -2.36. The minimum atomic E-state index is -5.92. The van der Waals surface area contributed by atoms with E-state index in [1.807, 2.05) is 0 Å². The molecule has 0 saturated carbocycles. The maximum absolute atomic E-state index is 14.4. The van der Waals surface area contributed by atoms with Gasteiger partial charge < -0.3 is 13.8 Å². The summed E-state index contributed by atoms with van der Waals surface area (Å²) in [7, 11) is -4.33. The Kier molecular flexibility index (Phi) is 6.12. The summed E-state index contributed by atoms with van der Waals surface area (Å²) in [5.74, 6) is -2.11. The average Bonchev–Trinajstić information content (AvgIpc) is 2.54. The quantitative estimate of drug-likeness (QED) is 0.422. The van der Waals surface area contributed by atoms with E-state index in [1.165, 1.54) is 12.1 Å². The molecule has 1 fully saturated rings. The van der Waals surface area contributed by atoms with Crippen LogP contribution >= 0.6 is 0 Å². The molecule has 0 unspecified atom stereocenters. The number of ether oxygens (including phenoxy) is 1. The predicted molar refractivity (Wildman–Crippen MR) is 82.5 cm³/mol. The molecule has 0 spiro atoms. The molecule has 1 aliphatic rings. The molecule has 11 heteroatoms. The van der Waals surface area contributed by atoms with Gasteiger partial charge in [0.1, 0.15) is 0 Å². The first-order valence-corrected chi connectivity index (χ1v) is 8.82. The monoisotopic (exact) mass is 386 g/mol. The first-order chi connectivity index (χ1) is 11.7. The number of alkyl halides is 3. The summed E-state index contributed by atoms with van der Waals surface area (Å²) in [6.07, 6.45) is 0. The van der Waals surface area contributed by atoms with Crippen LogP contribution in [0.5, 0.6) is 5.75 Å². The van der Waals surface area contributed by atoms with Crippen molar-refractivity contribution >= 4 is 15.8 Å². The van der Waals surface area contributed by atoms with Gasteiger partial charge in [0, 0.05) is 39.8 Å². The summed E-state index contributed by atoms with van der Waals surface area (Å²) in [5, 5.41) is 0. The number of methoxy groups -OCH3 is 1. The predicted octanol–water partition coefficient (Wildman–Crippen LogP) is 1.82. The fourth-order valence-corrected chi connectivity index (χ4v) is 2.87. The van der Waals surface area contributed by atoms with Crippen LogP contribution < -0.4 is 9.08 Å². The summed E-state index contributed by atoms with van der Waals surface area (Å²) in [5.41, 5.74) is -5.62. The SMILES string of the molecule is COCCN1CCN(c2cccc(OS(=O)(=O)C(F)(F)F)c2F)CC1. The Hall–Kier alpha value is -1.59. The zero-order valence-corrected chi connectivity index (χ0v) is 14.2. The Balaban J connectivity index is 2.12. The van der Waals surface area contributed by atoms with Crippen LogP contribution in [0.15, 0.2) is 18.2 Å². The van der Waals surface area contributed by atoms with E-state index in [1.54, 1.807) is 12.0 Å².